The number of hydrogen-bond acceptors (Lipinski definition) is 2. The minimum atomic E-state index is 0.254. The van der Waals surface area contributed by atoms with Crippen molar-refractivity contribution in [2.45, 2.75) is 26.4 Å². The molecule has 0 saturated heterocycles. The van der Waals surface area contributed by atoms with Crippen LogP contribution < -0.4 is 4.74 Å². The number of ether oxygens (including phenoxy) is 1. The van der Waals surface area contributed by atoms with Gasteiger partial charge >= 0.3 is 0 Å². The fourth-order valence-electron chi connectivity index (χ4n) is 1.75. The van der Waals surface area contributed by atoms with Gasteiger partial charge in [0.05, 0.1) is 0 Å². The highest BCUT2D eigenvalue weighted by atomic mass is 16.5. The molecule has 0 saturated carbocycles. The van der Waals surface area contributed by atoms with Crippen LogP contribution in [0.1, 0.15) is 30.9 Å². The normalized spacial score (nSPS) is 10.6. The molecule has 1 N–H and O–H groups in total. The van der Waals surface area contributed by atoms with Gasteiger partial charge < -0.3 is 9.84 Å². The van der Waals surface area contributed by atoms with E-state index < -0.39 is 0 Å². The summed E-state index contributed by atoms with van der Waals surface area (Å²) in [4.78, 5) is 0. The minimum Gasteiger partial charge on any atom is -0.508 e. The van der Waals surface area contributed by atoms with E-state index in [1.54, 1.807) is 24.3 Å². The third-order valence-electron chi connectivity index (χ3n) is 2.86. The predicted octanol–water partition coefficient (Wildman–Crippen LogP) is 4.09. The number of benzene rings is 2. The summed E-state index contributed by atoms with van der Waals surface area (Å²) in [5.41, 5.74) is 2.48. The predicted molar refractivity (Wildman–Crippen MR) is 73.0 cm³/mol. The molecule has 2 aromatic rings. The van der Waals surface area contributed by atoms with Crippen molar-refractivity contribution in [1.82, 2.24) is 0 Å². The zero-order valence-corrected chi connectivity index (χ0v) is 10.8. The molecular weight excluding hydrogens is 224 g/mol. The van der Waals surface area contributed by atoms with Crippen LogP contribution in [0, 0.1) is 0 Å². The average molecular weight is 242 g/mol. The summed E-state index contributed by atoms with van der Waals surface area (Å²) in [6.45, 7) is 4.91. The van der Waals surface area contributed by atoms with E-state index in [0.29, 0.717) is 12.5 Å². The highest BCUT2D eigenvalue weighted by Gasteiger charge is 2.01. The summed E-state index contributed by atoms with van der Waals surface area (Å²) in [5.74, 6) is 1.55. The van der Waals surface area contributed by atoms with Gasteiger partial charge in [-0.1, -0.05) is 38.1 Å². The molecule has 0 aliphatic rings. The molecule has 2 rings (SSSR count). The van der Waals surface area contributed by atoms with Crippen LogP contribution in [0.25, 0.3) is 0 Å². The first-order valence-electron chi connectivity index (χ1n) is 6.16. The second kappa shape index (κ2) is 5.58. The lowest BCUT2D eigenvalue weighted by Crippen LogP contribution is -1.97. The largest absolute Gasteiger partial charge is 0.508 e. The summed E-state index contributed by atoms with van der Waals surface area (Å²) in [6.07, 6.45) is 0. The molecule has 94 valence electrons. The van der Waals surface area contributed by atoms with E-state index in [1.807, 2.05) is 0 Å². The number of phenolic OH excluding ortho intramolecular Hbond substituents is 1. The van der Waals surface area contributed by atoms with Crippen molar-refractivity contribution in [2.24, 2.45) is 0 Å². The van der Waals surface area contributed by atoms with E-state index in [1.165, 1.54) is 5.56 Å². The Morgan fingerprint density at radius 3 is 2.44 bits per heavy atom. The second-order valence-electron chi connectivity index (χ2n) is 4.68. The number of hydrogen-bond donors (Lipinski definition) is 1. The van der Waals surface area contributed by atoms with E-state index in [9.17, 15) is 5.11 Å². The van der Waals surface area contributed by atoms with Crippen molar-refractivity contribution in [2.75, 3.05) is 0 Å². The molecule has 18 heavy (non-hydrogen) atoms. The van der Waals surface area contributed by atoms with Crippen LogP contribution in [0.15, 0.2) is 48.5 Å². The number of aromatic hydroxyl groups is 1. The Bertz CT molecular complexity index is 501. The molecule has 0 heterocycles. The summed E-state index contributed by atoms with van der Waals surface area (Å²) < 4.78 is 5.67. The SMILES string of the molecule is CC(C)c1cccc(COc2ccc(O)cc2)c1. The first kappa shape index (κ1) is 12.5. The van der Waals surface area contributed by atoms with Gasteiger partial charge in [0.15, 0.2) is 0 Å². The lowest BCUT2D eigenvalue weighted by molar-refractivity contribution is 0.305. The molecule has 0 aliphatic carbocycles. The molecule has 0 unspecified atom stereocenters. The van der Waals surface area contributed by atoms with Crippen molar-refractivity contribution in [3.63, 3.8) is 0 Å². The van der Waals surface area contributed by atoms with Crippen LogP contribution >= 0.6 is 0 Å². The lowest BCUT2D eigenvalue weighted by atomic mass is 10.0. The van der Waals surface area contributed by atoms with Crippen molar-refractivity contribution < 1.29 is 9.84 Å². The fourth-order valence-corrected chi connectivity index (χ4v) is 1.75. The molecular formula is C16H18O2. The Morgan fingerprint density at radius 2 is 1.78 bits per heavy atom. The molecule has 0 amide bonds. The van der Waals surface area contributed by atoms with Gasteiger partial charge in [0.25, 0.3) is 0 Å². The van der Waals surface area contributed by atoms with E-state index in [4.69, 9.17) is 4.74 Å². The van der Waals surface area contributed by atoms with Gasteiger partial charge in [-0.3, -0.25) is 0 Å². The standard InChI is InChI=1S/C16H18O2/c1-12(2)14-5-3-4-13(10-14)11-18-16-8-6-15(17)7-9-16/h3-10,12,17H,11H2,1-2H3. The summed E-state index contributed by atoms with van der Waals surface area (Å²) in [7, 11) is 0. The quantitative estimate of drug-likeness (QED) is 0.874. The zero-order valence-electron chi connectivity index (χ0n) is 10.8. The van der Waals surface area contributed by atoms with E-state index >= 15 is 0 Å². The van der Waals surface area contributed by atoms with Crippen molar-refractivity contribution in [3.05, 3.63) is 59.7 Å². The summed E-state index contributed by atoms with van der Waals surface area (Å²) in [6, 6.07) is 15.2. The molecule has 0 spiro atoms. The van der Waals surface area contributed by atoms with Crippen LogP contribution in [0.3, 0.4) is 0 Å². The van der Waals surface area contributed by atoms with E-state index in [0.717, 1.165) is 11.3 Å². The van der Waals surface area contributed by atoms with Gasteiger partial charge in [0.1, 0.15) is 18.1 Å². The Morgan fingerprint density at radius 1 is 1.06 bits per heavy atom. The highest BCUT2D eigenvalue weighted by Crippen LogP contribution is 2.19. The Balaban J connectivity index is 2.01. The van der Waals surface area contributed by atoms with Crippen LogP contribution in [-0.4, -0.2) is 5.11 Å². The maximum atomic E-state index is 9.18. The van der Waals surface area contributed by atoms with Gasteiger partial charge in [-0.15, -0.1) is 0 Å². The lowest BCUT2D eigenvalue weighted by Gasteiger charge is -2.09. The molecule has 0 aliphatic heterocycles. The molecule has 2 nitrogen and oxygen atoms in total. The number of rotatable bonds is 4. The smallest absolute Gasteiger partial charge is 0.120 e. The summed E-state index contributed by atoms with van der Waals surface area (Å²) in [5, 5.41) is 9.18. The molecule has 0 atom stereocenters. The maximum Gasteiger partial charge on any atom is 0.120 e. The van der Waals surface area contributed by atoms with Crippen LogP contribution in [0.2, 0.25) is 0 Å². The second-order valence-corrected chi connectivity index (χ2v) is 4.68. The first-order chi connectivity index (χ1) is 8.65. The zero-order chi connectivity index (χ0) is 13.0. The molecule has 2 aromatic carbocycles. The van der Waals surface area contributed by atoms with Crippen molar-refractivity contribution >= 4 is 0 Å². The van der Waals surface area contributed by atoms with Crippen LogP contribution in [0.5, 0.6) is 11.5 Å². The third kappa shape index (κ3) is 3.27. The maximum absolute atomic E-state index is 9.18. The Labute approximate surface area is 108 Å². The van der Waals surface area contributed by atoms with Gasteiger partial charge in [-0.2, -0.15) is 0 Å². The molecule has 0 radical (unpaired) electrons. The molecule has 0 fully saturated rings. The fraction of sp³-hybridized carbons (Fsp3) is 0.250. The Kier molecular flexibility index (Phi) is 3.88. The highest BCUT2D eigenvalue weighted by molar-refractivity contribution is 5.31. The number of phenols is 1. The first-order valence-corrected chi connectivity index (χ1v) is 6.16. The van der Waals surface area contributed by atoms with Crippen molar-refractivity contribution in [1.29, 1.82) is 0 Å². The average Bonchev–Trinajstić information content (AvgIpc) is 2.38. The van der Waals surface area contributed by atoms with E-state index in [2.05, 4.69) is 38.1 Å². The molecule has 0 aromatic heterocycles. The van der Waals surface area contributed by atoms with Crippen molar-refractivity contribution in [3.8, 4) is 11.5 Å². The van der Waals surface area contributed by atoms with Gasteiger partial charge in [0.2, 0.25) is 0 Å². The third-order valence-corrected chi connectivity index (χ3v) is 2.86. The van der Waals surface area contributed by atoms with Gasteiger partial charge in [-0.05, 0) is 41.3 Å². The summed E-state index contributed by atoms with van der Waals surface area (Å²) >= 11 is 0. The van der Waals surface area contributed by atoms with E-state index in [-0.39, 0.29) is 5.75 Å². The van der Waals surface area contributed by atoms with Gasteiger partial charge in [-0.25, -0.2) is 0 Å². The van der Waals surface area contributed by atoms with Crippen LogP contribution in [0.4, 0.5) is 0 Å². The molecule has 0 bridgehead atoms. The molecule has 2 heteroatoms. The monoisotopic (exact) mass is 242 g/mol. The topological polar surface area (TPSA) is 29.5 Å². The minimum absolute atomic E-state index is 0.254. The Hall–Kier alpha value is -1.96. The van der Waals surface area contributed by atoms with Gasteiger partial charge in [0, 0.05) is 0 Å². The van der Waals surface area contributed by atoms with Crippen LogP contribution in [-0.2, 0) is 6.61 Å².